The number of rotatable bonds is 5. The van der Waals surface area contributed by atoms with Gasteiger partial charge in [0.05, 0.1) is 0 Å². The fourth-order valence-electron chi connectivity index (χ4n) is 3.37. The van der Waals surface area contributed by atoms with Crippen LogP contribution in [0.5, 0.6) is 0 Å². The molecule has 2 aromatic rings. The Hall–Kier alpha value is -1.85. The molecule has 2 N–H and O–H groups in total. The van der Waals surface area contributed by atoms with Gasteiger partial charge in [0.25, 0.3) is 0 Å². The molecule has 0 bridgehead atoms. The van der Waals surface area contributed by atoms with Gasteiger partial charge in [-0.3, -0.25) is 9.59 Å². The highest BCUT2D eigenvalue weighted by atomic mass is 35.5. The second-order valence-electron chi connectivity index (χ2n) is 6.42. The first-order valence-electron chi connectivity index (χ1n) is 8.44. The quantitative estimate of drug-likeness (QED) is 0.782. The van der Waals surface area contributed by atoms with Crippen LogP contribution in [0.25, 0.3) is 0 Å². The first-order valence-corrected chi connectivity index (χ1v) is 9.70. The van der Waals surface area contributed by atoms with Gasteiger partial charge in [-0.2, -0.15) is 0 Å². The van der Waals surface area contributed by atoms with E-state index in [4.69, 9.17) is 11.6 Å². The van der Waals surface area contributed by atoms with Crippen molar-refractivity contribution in [1.82, 2.24) is 10.6 Å². The Kier molecular flexibility index (Phi) is 5.76. The second-order valence-corrected chi connectivity index (χ2v) is 7.78. The minimum absolute atomic E-state index is 0.0210. The van der Waals surface area contributed by atoms with Gasteiger partial charge in [0, 0.05) is 28.4 Å². The summed E-state index contributed by atoms with van der Waals surface area (Å²) in [6.45, 7) is 0.744. The van der Waals surface area contributed by atoms with Gasteiger partial charge in [0.2, 0.25) is 0 Å². The number of benzene rings is 1. The Morgan fingerprint density at radius 1 is 1.04 bits per heavy atom. The molecular weight excluding hydrogens is 356 g/mol. The molecule has 132 valence electrons. The first kappa shape index (κ1) is 18.0. The summed E-state index contributed by atoms with van der Waals surface area (Å²) < 4.78 is 0. The van der Waals surface area contributed by atoms with Gasteiger partial charge in [-0.1, -0.05) is 48.7 Å². The molecule has 1 aliphatic rings. The Labute approximate surface area is 156 Å². The normalized spacial score (nSPS) is 15.7. The topological polar surface area (TPSA) is 58.2 Å². The van der Waals surface area contributed by atoms with Gasteiger partial charge in [-0.15, -0.1) is 11.3 Å². The monoisotopic (exact) mass is 376 g/mol. The maximum atomic E-state index is 12.2. The summed E-state index contributed by atoms with van der Waals surface area (Å²) >= 11 is 7.78. The third-order valence-electron chi connectivity index (χ3n) is 4.80. The standard InChI is InChI=1S/C19H21ClN2O2S/c20-15-7-2-1-6-14(15)12-21-17(23)18(24)22-13-19(9-3-4-10-19)16-8-5-11-25-16/h1-2,5-8,11H,3-4,9-10,12-13H2,(H,21,23)(H,22,24). The van der Waals surface area contributed by atoms with Crippen molar-refractivity contribution in [2.45, 2.75) is 37.6 Å². The Bertz CT molecular complexity index is 740. The molecule has 1 aromatic heterocycles. The minimum Gasteiger partial charge on any atom is -0.347 e. The van der Waals surface area contributed by atoms with Crippen LogP contribution in [0, 0.1) is 0 Å². The molecule has 0 aliphatic heterocycles. The molecule has 1 heterocycles. The van der Waals surface area contributed by atoms with Crippen molar-refractivity contribution in [3.63, 3.8) is 0 Å². The maximum Gasteiger partial charge on any atom is 0.309 e. The fraction of sp³-hybridized carbons (Fsp3) is 0.368. The van der Waals surface area contributed by atoms with E-state index >= 15 is 0 Å². The zero-order chi connectivity index (χ0) is 17.7. The van der Waals surface area contributed by atoms with E-state index in [9.17, 15) is 9.59 Å². The molecule has 0 spiro atoms. The molecule has 3 rings (SSSR count). The van der Waals surface area contributed by atoms with Crippen LogP contribution in [-0.4, -0.2) is 18.4 Å². The lowest BCUT2D eigenvalue weighted by atomic mass is 9.84. The van der Waals surface area contributed by atoms with E-state index in [0.29, 0.717) is 11.6 Å². The first-order chi connectivity index (χ1) is 12.1. The molecule has 4 nitrogen and oxygen atoms in total. The van der Waals surface area contributed by atoms with E-state index in [1.807, 2.05) is 24.3 Å². The third kappa shape index (κ3) is 4.22. The summed E-state index contributed by atoms with van der Waals surface area (Å²) in [5.74, 6) is -1.21. The van der Waals surface area contributed by atoms with Crippen molar-refractivity contribution in [3.8, 4) is 0 Å². The van der Waals surface area contributed by atoms with Crippen LogP contribution in [0.1, 0.15) is 36.1 Å². The molecule has 1 aromatic carbocycles. The Morgan fingerprint density at radius 3 is 2.44 bits per heavy atom. The molecule has 25 heavy (non-hydrogen) atoms. The van der Waals surface area contributed by atoms with Crippen LogP contribution < -0.4 is 10.6 Å². The van der Waals surface area contributed by atoms with Crippen molar-refractivity contribution < 1.29 is 9.59 Å². The smallest absolute Gasteiger partial charge is 0.309 e. The van der Waals surface area contributed by atoms with E-state index in [1.165, 1.54) is 4.88 Å². The summed E-state index contributed by atoms with van der Waals surface area (Å²) in [5, 5.41) is 8.09. The SMILES string of the molecule is O=C(NCc1ccccc1Cl)C(=O)NCC1(c2cccs2)CCCC1. The number of amides is 2. The zero-order valence-corrected chi connectivity index (χ0v) is 15.5. The van der Waals surface area contributed by atoms with Gasteiger partial charge in [-0.05, 0) is 35.9 Å². The number of carbonyl (C=O) groups excluding carboxylic acids is 2. The molecule has 6 heteroatoms. The van der Waals surface area contributed by atoms with E-state index in [0.717, 1.165) is 31.2 Å². The third-order valence-corrected chi connectivity index (χ3v) is 6.28. The van der Waals surface area contributed by atoms with Gasteiger partial charge < -0.3 is 10.6 Å². The molecule has 1 saturated carbocycles. The maximum absolute atomic E-state index is 12.2. The lowest BCUT2D eigenvalue weighted by Gasteiger charge is -2.28. The zero-order valence-electron chi connectivity index (χ0n) is 13.9. The highest BCUT2D eigenvalue weighted by Gasteiger charge is 2.37. The van der Waals surface area contributed by atoms with E-state index in [1.54, 1.807) is 17.4 Å². The van der Waals surface area contributed by atoms with Crippen LogP contribution in [-0.2, 0) is 21.5 Å². The number of hydrogen-bond donors (Lipinski definition) is 2. The average molecular weight is 377 g/mol. The number of nitrogens with one attached hydrogen (secondary N) is 2. The highest BCUT2D eigenvalue weighted by Crippen LogP contribution is 2.42. The van der Waals surface area contributed by atoms with Crippen molar-refractivity contribution in [3.05, 3.63) is 57.2 Å². The predicted molar refractivity (Wildman–Crippen MR) is 101 cm³/mol. The molecule has 0 radical (unpaired) electrons. The van der Waals surface area contributed by atoms with E-state index < -0.39 is 11.8 Å². The minimum atomic E-state index is -0.626. The largest absolute Gasteiger partial charge is 0.347 e. The second kappa shape index (κ2) is 8.02. The summed E-state index contributed by atoms with van der Waals surface area (Å²) in [6, 6.07) is 11.4. The fourth-order valence-corrected chi connectivity index (χ4v) is 4.56. The summed E-state index contributed by atoms with van der Waals surface area (Å²) in [4.78, 5) is 25.5. The summed E-state index contributed by atoms with van der Waals surface area (Å²) in [5.41, 5.74) is 0.767. The van der Waals surface area contributed by atoms with Gasteiger partial charge in [0.15, 0.2) is 0 Å². The van der Waals surface area contributed by atoms with Crippen molar-refractivity contribution in [2.24, 2.45) is 0 Å². The van der Waals surface area contributed by atoms with Crippen molar-refractivity contribution >= 4 is 34.8 Å². The van der Waals surface area contributed by atoms with Crippen molar-refractivity contribution in [2.75, 3.05) is 6.54 Å². The van der Waals surface area contributed by atoms with Gasteiger partial charge in [0.1, 0.15) is 0 Å². The lowest BCUT2D eigenvalue weighted by molar-refractivity contribution is -0.139. The van der Waals surface area contributed by atoms with E-state index in [2.05, 4.69) is 22.1 Å². The Morgan fingerprint density at radius 2 is 1.76 bits per heavy atom. The molecule has 0 atom stereocenters. The lowest BCUT2D eigenvalue weighted by Crippen LogP contribution is -2.45. The van der Waals surface area contributed by atoms with E-state index in [-0.39, 0.29) is 12.0 Å². The molecule has 0 saturated heterocycles. The summed E-state index contributed by atoms with van der Waals surface area (Å²) in [6.07, 6.45) is 4.42. The van der Waals surface area contributed by atoms with Gasteiger partial charge >= 0.3 is 11.8 Å². The van der Waals surface area contributed by atoms with Gasteiger partial charge in [-0.25, -0.2) is 0 Å². The van der Waals surface area contributed by atoms with Crippen molar-refractivity contribution in [1.29, 1.82) is 0 Å². The van der Waals surface area contributed by atoms with Crippen LogP contribution in [0.3, 0.4) is 0 Å². The number of halogens is 1. The number of carbonyl (C=O) groups is 2. The van der Waals surface area contributed by atoms with Crippen LogP contribution in [0.15, 0.2) is 41.8 Å². The number of hydrogen-bond acceptors (Lipinski definition) is 3. The molecule has 1 fully saturated rings. The molecule has 2 amide bonds. The average Bonchev–Trinajstić information content (AvgIpc) is 3.31. The highest BCUT2D eigenvalue weighted by molar-refractivity contribution is 7.10. The molecule has 1 aliphatic carbocycles. The Balaban J connectivity index is 1.55. The predicted octanol–water partition coefficient (Wildman–Crippen LogP) is 3.65. The summed E-state index contributed by atoms with van der Waals surface area (Å²) in [7, 11) is 0. The van der Waals surface area contributed by atoms with Crippen LogP contribution in [0.4, 0.5) is 0 Å². The van der Waals surface area contributed by atoms with Crippen LogP contribution >= 0.6 is 22.9 Å². The molecular formula is C19H21ClN2O2S. The number of thiophene rings is 1. The van der Waals surface area contributed by atoms with Crippen LogP contribution in [0.2, 0.25) is 5.02 Å². The molecule has 0 unspecified atom stereocenters.